The van der Waals surface area contributed by atoms with Gasteiger partial charge in [0.15, 0.2) is 0 Å². The average Bonchev–Trinajstić information content (AvgIpc) is 2.65. The molecule has 0 aromatic carbocycles. The maximum Gasteiger partial charge on any atom is 0.292 e. The van der Waals surface area contributed by atoms with Gasteiger partial charge in [0.05, 0.1) is 5.69 Å². The zero-order valence-electron chi connectivity index (χ0n) is 8.99. The fourth-order valence-corrected chi connectivity index (χ4v) is 1.39. The van der Waals surface area contributed by atoms with E-state index >= 15 is 0 Å². The van der Waals surface area contributed by atoms with Gasteiger partial charge in [-0.3, -0.25) is 4.79 Å². The lowest BCUT2D eigenvalue weighted by atomic mass is 10.3. The lowest BCUT2D eigenvalue weighted by molar-refractivity contribution is 0.0723. The van der Waals surface area contributed by atoms with E-state index in [1.165, 1.54) is 0 Å². The molecule has 1 amide bonds. The molecule has 1 aromatic heterocycles. The maximum atomic E-state index is 11.8. The van der Waals surface area contributed by atoms with Crippen molar-refractivity contribution in [3.05, 3.63) is 17.5 Å². The molecule has 0 atom stereocenters. The molecule has 4 nitrogen and oxygen atoms in total. The Hall–Kier alpha value is -1.03. The number of hydrogen-bond acceptors (Lipinski definition) is 3. The van der Waals surface area contributed by atoms with Gasteiger partial charge in [0.2, 0.25) is 5.76 Å². The van der Waals surface area contributed by atoms with Crippen LogP contribution in [0.25, 0.3) is 0 Å². The number of alkyl halides is 1. The number of carbonyl (C=O) groups excluding carboxylic acids is 1. The van der Waals surface area contributed by atoms with E-state index in [2.05, 4.69) is 5.16 Å². The minimum Gasteiger partial charge on any atom is -0.351 e. The van der Waals surface area contributed by atoms with Crippen molar-refractivity contribution < 1.29 is 9.32 Å². The molecule has 0 spiro atoms. The summed E-state index contributed by atoms with van der Waals surface area (Å²) in [5.41, 5.74) is 0.715. The van der Waals surface area contributed by atoms with Crippen LogP contribution in [-0.2, 0) is 0 Å². The molecule has 0 saturated carbocycles. The summed E-state index contributed by atoms with van der Waals surface area (Å²) in [7, 11) is 0. The Labute approximate surface area is 94.2 Å². The van der Waals surface area contributed by atoms with Crippen LogP contribution in [-0.4, -0.2) is 34.9 Å². The lowest BCUT2D eigenvalue weighted by Crippen LogP contribution is -2.31. The number of aromatic nitrogens is 1. The highest BCUT2D eigenvalue weighted by Gasteiger charge is 2.17. The SMILES string of the molecule is CCN(CCCCl)C(=O)c1cc(C)no1. The highest BCUT2D eigenvalue weighted by Crippen LogP contribution is 2.07. The number of carbonyl (C=O) groups is 1. The first-order chi connectivity index (χ1) is 7.19. The predicted molar refractivity (Wildman–Crippen MR) is 58.2 cm³/mol. The Bertz CT molecular complexity index is 325. The van der Waals surface area contributed by atoms with Crippen LogP contribution >= 0.6 is 11.6 Å². The van der Waals surface area contributed by atoms with E-state index in [-0.39, 0.29) is 5.91 Å². The van der Waals surface area contributed by atoms with Crippen molar-refractivity contribution in [2.75, 3.05) is 19.0 Å². The number of halogens is 1. The lowest BCUT2D eigenvalue weighted by Gasteiger charge is -2.18. The average molecular weight is 231 g/mol. The molecule has 0 fully saturated rings. The van der Waals surface area contributed by atoms with Crippen molar-refractivity contribution in [2.24, 2.45) is 0 Å². The predicted octanol–water partition coefficient (Wildman–Crippen LogP) is 2.07. The fraction of sp³-hybridized carbons (Fsp3) is 0.600. The normalized spacial score (nSPS) is 10.3. The van der Waals surface area contributed by atoms with Crippen LogP contribution < -0.4 is 0 Å². The van der Waals surface area contributed by atoms with Crippen LogP contribution in [0.5, 0.6) is 0 Å². The molecule has 1 heterocycles. The minimum absolute atomic E-state index is 0.122. The van der Waals surface area contributed by atoms with Gasteiger partial charge >= 0.3 is 0 Å². The summed E-state index contributed by atoms with van der Waals surface area (Å²) in [6.45, 7) is 5.01. The monoisotopic (exact) mass is 230 g/mol. The van der Waals surface area contributed by atoms with Crippen molar-refractivity contribution >= 4 is 17.5 Å². The summed E-state index contributed by atoms with van der Waals surface area (Å²) in [5, 5.41) is 3.69. The van der Waals surface area contributed by atoms with E-state index in [1.807, 2.05) is 6.92 Å². The van der Waals surface area contributed by atoms with Crippen LogP contribution in [0.4, 0.5) is 0 Å². The molecule has 0 radical (unpaired) electrons. The molecule has 0 bridgehead atoms. The molecule has 5 heteroatoms. The zero-order chi connectivity index (χ0) is 11.3. The molecule has 0 aliphatic carbocycles. The Balaban J connectivity index is 2.64. The molecule has 0 saturated heterocycles. The van der Waals surface area contributed by atoms with E-state index in [0.29, 0.717) is 30.4 Å². The summed E-state index contributed by atoms with van der Waals surface area (Å²) in [6.07, 6.45) is 0.786. The number of amides is 1. The summed E-state index contributed by atoms with van der Waals surface area (Å²) < 4.78 is 4.91. The van der Waals surface area contributed by atoms with Gasteiger partial charge in [-0.05, 0) is 20.3 Å². The van der Waals surface area contributed by atoms with Gasteiger partial charge in [0, 0.05) is 25.0 Å². The van der Waals surface area contributed by atoms with Crippen LogP contribution in [0, 0.1) is 6.92 Å². The topological polar surface area (TPSA) is 46.3 Å². The van der Waals surface area contributed by atoms with E-state index in [0.717, 1.165) is 6.42 Å². The van der Waals surface area contributed by atoms with Gasteiger partial charge in [-0.25, -0.2) is 0 Å². The zero-order valence-corrected chi connectivity index (χ0v) is 9.75. The molecule has 0 aliphatic rings. The largest absolute Gasteiger partial charge is 0.351 e. The quantitative estimate of drug-likeness (QED) is 0.728. The summed E-state index contributed by atoms with van der Waals surface area (Å²) in [6, 6.07) is 1.64. The number of rotatable bonds is 5. The van der Waals surface area contributed by atoms with Gasteiger partial charge < -0.3 is 9.42 Å². The minimum atomic E-state index is -0.122. The van der Waals surface area contributed by atoms with Crippen molar-refractivity contribution in [2.45, 2.75) is 20.3 Å². The Morgan fingerprint density at radius 1 is 1.67 bits per heavy atom. The van der Waals surface area contributed by atoms with Crippen LogP contribution in [0.3, 0.4) is 0 Å². The second kappa shape index (κ2) is 5.75. The van der Waals surface area contributed by atoms with E-state index < -0.39 is 0 Å². The molecule has 0 N–H and O–H groups in total. The summed E-state index contributed by atoms with van der Waals surface area (Å²) >= 11 is 5.58. The first-order valence-electron chi connectivity index (χ1n) is 4.97. The Kier molecular flexibility index (Phi) is 4.62. The van der Waals surface area contributed by atoms with E-state index in [4.69, 9.17) is 16.1 Å². The molecular formula is C10H15ClN2O2. The van der Waals surface area contributed by atoms with Crippen molar-refractivity contribution in [3.8, 4) is 0 Å². The molecular weight excluding hydrogens is 216 g/mol. The molecule has 0 unspecified atom stereocenters. The summed E-state index contributed by atoms with van der Waals surface area (Å²) in [4.78, 5) is 13.5. The van der Waals surface area contributed by atoms with Crippen LogP contribution in [0.15, 0.2) is 10.6 Å². The highest BCUT2D eigenvalue weighted by molar-refractivity contribution is 6.17. The van der Waals surface area contributed by atoms with E-state index in [9.17, 15) is 4.79 Å². The first-order valence-corrected chi connectivity index (χ1v) is 5.51. The number of nitrogens with zero attached hydrogens (tertiary/aromatic N) is 2. The number of hydrogen-bond donors (Lipinski definition) is 0. The third kappa shape index (κ3) is 3.23. The second-order valence-corrected chi connectivity index (χ2v) is 3.64. The maximum absolute atomic E-state index is 11.8. The molecule has 84 valence electrons. The van der Waals surface area contributed by atoms with Gasteiger partial charge in [0.25, 0.3) is 5.91 Å². The van der Waals surface area contributed by atoms with Crippen LogP contribution in [0.1, 0.15) is 29.6 Å². The molecule has 0 aliphatic heterocycles. The molecule has 1 aromatic rings. The fourth-order valence-electron chi connectivity index (χ4n) is 1.27. The number of aryl methyl sites for hydroxylation is 1. The second-order valence-electron chi connectivity index (χ2n) is 3.26. The van der Waals surface area contributed by atoms with Crippen LogP contribution in [0.2, 0.25) is 0 Å². The van der Waals surface area contributed by atoms with Gasteiger partial charge in [-0.15, -0.1) is 11.6 Å². The van der Waals surface area contributed by atoms with Gasteiger partial charge in [0.1, 0.15) is 0 Å². The molecule has 15 heavy (non-hydrogen) atoms. The van der Waals surface area contributed by atoms with Crippen molar-refractivity contribution in [1.29, 1.82) is 0 Å². The highest BCUT2D eigenvalue weighted by atomic mass is 35.5. The Morgan fingerprint density at radius 3 is 2.87 bits per heavy atom. The molecule has 1 rings (SSSR count). The van der Waals surface area contributed by atoms with Gasteiger partial charge in [-0.2, -0.15) is 0 Å². The smallest absolute Gasteiger partial charge is 0.292 e. The third-order valence-corrected chi connectivity index (χ3v) is 2.34. The van der Waals surface area contributed by atoms with E-state index in [1.54, 1.807) is 17.9 Å². The third-order valence-electron chi connectivity index (χ3n) is 2.07. The standard InChI is InChI=1S/C10H15ClN2O2/c1-3-13(6-4-5-11)10(14)9-7-8(2)12-15-9/h7H,3-6H2,1-2H3. The summed E-state index contributed by atoms with van der Waals surface area (Å²) in [5.74, 6) is 0.728. The van der Waals surface area contributed by atoms with Crippen molar-refractivity contribution in [3.63, 3.8) is 0 Å². The Morgan fingerprint density at radius 2 is 2.40 bits per heavy atom. The van der Waals surface area contributed by atoms with Gasteiger partial charge in [-0.1, -0.05) is 5.16 Å². The van der Waals surface area contributed by atoms with Crippen molar-refractivity contribution in [1.82, 2.24) is 10.1 Å². The first kappa shape index (κ1) is 12.0.